The van der Waals surface area contributed by atoms with Gasteiger partial charge in [0.2, 0.25) is 0 Å². The van der Waals surface area contributed by atoms with Crippen molar-refractivity contribution in [3.8, 4) is 0 Å². The van der Waals surface area contributed by atoms with Crippen molar-refractivity contribution in [2.24, 2.45) is 5.41 Å². The second-order valence-electron chi connectivity index (χ2n) is 4.48. The van der Waals surface area contributed by atoms with Crippen LogP contribution >= 0.6 is 11.3 Å². The maximum atomic E-state index is 10.7. The molecule has 0 spiro atoms. The highest BCUT2D eigenvalue weighted by molar-refractivity contribution is 7.13. The molecule has 1 fully saturated rings. The van der Waals surface area contributed by atoms with E-state index in [4.69, 9.17) is 9.84 Å². The molecular weight excluding hydrogens is 226 g/mol. The fraction of sp³-hybridized carbons (Fsp3) is 0.545. The second kappa shape index (κ2) is 4.53. The number of carboxylic acid groups (broad SMARTS) is 1. The summed E-state index contributed by atoms with van der Waals surface area (Å²) in [7, 11) is 0. The summed E-state index contributed by atoms with van der Waals surface area (Å²) in [5.41, 5.74) is 0.257. The van der Waals surface area contributed by atoms with Crippen LogP contribution in [0, 0.1) is 5.41 Å². The molecule has 1 aromatic heterocycles. The molecule has 1 aliphatic rings. The van der Waals surface area contributed by atoms with Crippen molar-refractivity contribution in [3.63, 3.8) is 0 Å². The smallest absolute Gasteiger partial charge is 0.345 e. The van der Waals surface area contributed by atoms with Crippen molar-refractivity contribution in [1.29, 1.82) is 0 Å². The van der Waals surface area contributed by atoms with Gasteiger partial charge in [0.25, 0.3) is 0 Å². The Labute approximate surface area is 98.2 Å². The van der Waals surface area contributed by atoms with Gasteiger partial charge in [-0.3, -0.25) is 0 Å². The summed E-state index contributed by atoms with van der Waals surface area (Å²) < 4.78 is 5.16. The van der Waals surface area contributed by atoms with Crippen LogP contribution in [0.2, 0.25) is 0 Å². The van der Waals surface area contributed by atoms with Gasteiger partial charge in [-0.1, -0.05) is 6.92 Å². The van der Waals surface area contributed by atoms with E-state index in [1.54, 1.807) is 6.07 Å². The molecule has 5 heteroatoms. The van der Waals surface area contributed by atoms with E-state index in [2.05, 4.69) is 12.2 Å². The van der Waals surface area contributed by atoms with E-state index in [0.717, 1.165) is 31.2 Å². The molecule has 2 N–H and O–H groups in total. The third-order valence-electron chi connectivity index (χ3n) is 2.62. The van der Waals surface area contributed by atoms with Crippen LogP contribution in [-0.2, 0) is 11.3 Å². The largest absolute Gasteiger partial charge is 0.477 e. The first-order chi connectivity index (χ1) is 7.59. The van der Waals surface area contributed by atoms with E-state index in [1.807, 2.05) is 6.07 Å². The molecule has 4 nitrogen and oxygen atoms in total. The Kier molecular flexibility index (Phi) is 3.28. The zero-order valence-corrected chi connectivity index (χ0v) is 9.97. The molecule has 0 amide bonds. The number of ether oxygens (including phenoxy) is 1. The molecule has 2 rings (SSSR count). The van der Waals surface area contributed by atoms with E-state index in [9.17, 15) is 4.79 Å². The zero-order chi connectivity index (χ0) is 11.6. The molecule has 1 saturated heterocycles. The predicted octanol–water partition coefficient (Wildman–Crippen LogP) is 1.57. The van der Waals surface area contributed by atoms with E-state index >= 15 is 0 Å². The molecule has 88 valence electrons. The van der Waals surface area contributed by atoms with Crippen LogP contribution in [0.15, 0.2) is 12.1 Å². The van der Waals surface area contributed by atoms with Gasteiger partial charge in [0.15, 0.2) is 0 Å². The average Bonchev–Trinajstić information content (AvgIpc) is 2.64. The maximum absolute atomic E-state index is 10.7. The predicted molar refractivity (Wildman–Crippen MR) is 61.9 cm³/mol. The molecule has 0 bridgehead atoms. The fourth-order valence-electron chi connectivity index (χ4n) is 1.63. The van der Waals surface area contributed by atoms with Crippen molar-refractivity contribution in [2.45, 2.75) is 13.5 Å². The van der Waals surface area contributed by atoms with Crippen LogP contribution in [0.25, 0.3) is 0 Å². The zero-order valence-electron chi connectivity index (χ0n) is 9.16. The van der Waals surface area contributed by atoms with Gasteiger partial charge >= 0.3 is 5.97 Å². The first-order valence-corrected chi connectivity index (χ1v) is 6.01. The van der Waals surface area contributed by atoms with Crippen LogP contribution in [0.1, 0.15) is 21.5 Å². The van der Waals surface area contributed by atoms with Gasteiger partial charge in [-0.05, 0) is 12.1 Å². The maximum Gasteiger partial charge on any atom is 0.345 e. The van der Waals surface area contributed by atoms with Crippen molar-refractivity contribution in [2.75, 3.05) is 19.8 Å². The molecule has 2 heterocycles. The summed E-state index contributed by atoms with van der Waals surface area (Å²) in [6.07, 6.45) is 0. The number of thiophene rings is 1. The standard InChI is InChI=1S/C11H15NO3S/c1-11(6-15-7-11)5-12-4-8-2-3-9(16-8)10(13)14/h2-3,12H,4-7H2,1H3,(H,13,14). The lowest BCUT2D eigenvalue weighted by atomic mass is 9.89. The second-order valence-corrected chi connectivity index (χ2v) is 5.65. The summed E-state index contributed by atoms with van der Waals surface area (Å²) in [6, 6.07) is 3.51. The fourth-order valence-corrected chi connectivity index (χ4v) is 2.44. The third-order valence-corrected chi connectivity index (χ3v) is 3.70. The molecule has 0 atom stereocenters. The van der Waals surface area contributed by atoms with Gasteiger partial charge in [-0.25, -0.2) is 4.79 Å². The number of nitrogens with one attached hydrogen (secondary N) is 1. The molecule has 16 heavy (non-hydrogen) atoms. The molecule has 1 aromatic rings. The number of hydrogen-bond acceptors (Lipinski definition) is 4. The Morgan fingerprint density at radius 1 is 1.62 bits per heavy atom. The minimum Gasteiger partial charge on any atom is -0.477 e. The number of aromatic carboxylic acids is 1. The number of carboxylic acids is 1. The van der Waals surface area contributed by atoms with Crippen LogP contribution in [-0.4, -0.2) is 30.8 Å². The molecule has 0 aromatic carbocycles. The van der Waals surface area contributed by atoms with E-state index in [-0.39, 0.29) is 5.41 Å². The van der Waals surface area contributed by atoms with Crippen molar-refractivity contribution < 1.29 is 14.6 Å². The molecule has 0 unspecified atom stereocenters. The number of carbonyl (C=O) groups is 1. The van der Waals surface area contributed by atoms with Crippen LogP contribution in [0.4, 0.5) is 0 Å². The summed E-state index contributed by atoms with van der Waals surface area (Å²) in [4.78, 5) is 12.1. The minimum atomic E-state index is -0.851. The average molecular weight is 241 g/mol. The summed E-state index contributed by atoms with van der Waals surface area (Å²) in [5, 5.41) is 12.1. The Morgan fingerprint density at radius 2 is 2.38 bits per heavy atom. The van der Waals surface area contributed by atoms with Gasteiger partial charge in [0.05, 0.1) is 13.2 Å². The lowest BCUT2D eigenvalue weighted by molar-refractivity contribution is -0.0991. The SMILES string of the molecule is CC1(CNCc2ccc(C(=O)O)s2)COC1. The van der Waals surface area contributed by atoms with Crippen LogP contribution < -0.4 is 5.32 Å². The molecule has 0 radical (unpaired) electrons. The van der Waals surface area contributed by atoms with Crippen LogP contribution in [0.3, 0.4) is 0 Å². The lowest BCUT2D eigenvalue weighted by Crippen LogP contribution is -2.47. The van der Waals surface area contributed by atoms with Gasteiger partial charge in [0, 0.05) is 23.4 Å². The lowest BCUT2D eigenvalue weighted by Gasteiger charge is -2.38. The highest BCUT2D eigenvalue weighted by Crippen LogP contribution is 2.25. The Hall–Kier alpha value is -0.910. The normalized spacial score (nSPS) is 18.1. The first kappa shape index (κ1) is 11.6. The third kappa shape index (κ3) is 2.61. The Balaban J connectivity index is 1.78. The minimum absolute atomic E-state index is 0.257. The molecular formula is C11H15NO3S. The van der Waals surface area contributed by atoms with Gasteiger partial charge < -0.3 is 15.2 Å². The highest BCUT2D eigenvalue weighted by Gasteiger charge is 2.32. The summed E-state index contributed by atoms with van der Waals surface area (Å²) >= 11 is 1.32. The highest BCUT2D eigenvalue weighted by atomic mass is 32.1. The summed E-state index contributed by atoms with van der Waals surface area (Å²) in [6.45, 7) is 5.44. The summed E-state index contributed by atoms with van der Waals surface area (Å²) in [5.74, 6) is -0.851. The van der Waals surface area contributed by atoms with Crippen LogP contribution in [0.5, 0.6) is 0 Å². The van der Waals surface area contributed by atoms with Crippen molar-refractivity contribution >= 4 is 17.3 Å². The first-order valence-electron chi connectivity index (χ1n) is 5.20. The van der Waals surface area contributed by atoms with Gasteiger partial charge in [0.1, 0.15) is 4.88 Å². The van der Waals surface area contributed by atoms with Crippen molar-refractivity contribution in [3.05, 3.63) is 21.9 Å². The Bertz CT molecular complexity index is 384. The van der Waals surface area contributed by atoms with Gasteiger partial charge in [-0.15, -0.1) is 11.3 Å². The topological polar surface area (TPSA) is 58.6 Å². The van der Waals surface area contributed by atoms with Gasteiger partial charge in [-0.2, -0.15) is 0 Å². The molecule has 0 aliphatic carbocycles. The monoisotopic (exact) mass is 241 g/mol. The van der Waals surface area contributed by atoms with E-state index in [1.165, 1.54) is 11.3 Å². The number of rotatable bonds is 5. The Morgan fingerprint density at radius 3 is 2.88 bits per heavy atom. The van der Waals surface area contributed by atoms with E-state index < -0.39 is 5.97 Å². The number of hydrogen-bond donors (Lipinski definition) is 2. The van der Waals surface area contributed by atoms with E-state index in [0.29, 0.717) is 4.88 Å². The quantitative estimate of drug-likeness (QED) is 0.821. The molecule has 0 saturated carbocycles. The van der Waals surface area contributed by atoms with Crippen molar-refractivity contribution in [1.82, 2.24) is 5.32 Å². The molecule has 1 aliphatic heterocycles.